The highest BCUT2D eigenvalue weighted by Crippen LogP contribution is 2.34. The number of anilines is 1. The molecule has 0 bridgehead atoms. The van der Waals surface area contributed by atoms with Crippen molar-refractivity contribution in [2.75, 3.05) is 11.6 Å². The summed E-state index contributed by atoms with van der Waals surface area (Å²) < 4.78 is 0. The Bertz CT molecular complexity index is 571. The molecule has 1 aromatic heterocycles. The number of hydrogen-bond acceptors (Lipinski definition) is 3. The summed E-state index contributed by atoms with van der Waals surface area (Å²) >= 11 is 0. The van der Waals surface area contributed by atoms with Gasteiger partial charge in [-0.15, -0.1) is 0 Å². The third kappa shape index (κ3) is 1.61. The minimum atomic E-state index is 0.811. The van der Waals surface area contributed by atoms with Crippen LogP contribution in [-0.2, 0) is 6.42 Å². The average Bonchev–Trinajstić information content (AvgIpc) is 2.62. The number of fused-ring (bicyclic) bond motifs is 3. The molecule has 3 rings (SSSR count). The summed E-state index contributed by atoms with van der Waals surface area (Å²) in [6.07, 6.45) is 0.903. The monoisotopic (exact) mass is 228 g/mol. The summed E-state index contributed by atoms with van der Waals surface area (Å²) in [5, 5.41) is 1.81. The molecule has 0 unspecified atom stereocenters. The number of nitrogens with two attached hydrogens (primary N) is 1. The Morgan fingerprint density at radius 1 is 1.35 bits per heavy atom. The van der Waals surface area contributed by atoms with Crippen molar-refractivity contribution < 1.29 is 0 Å². The van der Waals surface area contributed by atoms with Crippen LogP contribution in [0.1, 0.15) is 17.1 Å². The summed E-state index contributed by atoms with van der Waals surface area (Å²) in [7, 11) is 0. The first-order chi connectivity index (χ1) is 8.15. The van der Waals surface area contributed by atoms with Gasteiger partial charge in [0.25, 0.3) is 0 Å². The molecule has 1 aliphatic heterocycles. The van der Waals surface area contributed by atoms with Crippen molar-refractivity contribution in [1.29, 1.82) is 0 Å². The van der Waals surface area contributed by atoms with E-state index in [0.29, 0.717) is 0 Å². The maximum atomic E-state index is 6.08. The quantitative estimate of drug-likeness (QED) is 0.677. The first-order valence-electron chi connectivity index (χ1n) is 5.84. The van der Waals surface area contributed by atoms with Crippen molar-refractivity contribution in [3.8, 4) is 11.3 Å². The molecule has 3 N–H and O–H groups in total. The van der Waals surface area contributed by atoms with E-state index in [1.165, 1.54) is 11.3 Å². The van der Waals surface area contributed by atoms with E-state index in [1.807, 2.05) is 11.9 Å². The predicted octanol–water partition coefficient (Wildman–Crippen LogP) is 1.93. The minimum absolute atomic E-state index is 0.811. The van der Waals surface area contributed by atoms with Crippen molar-refractivity contribution >= 4 is 5.69 Å². The average molecular weight is 228 g/mol. The lowest BCUT2D eigenvalue weighted by Crippen LogP contribution is -2.32. The molecule has 2 heterocycles. The van der Waals surface area contributed by atoms with Gasteiger partial charge >= 0.3 is 0 Å². The van der Waals surface area contributed by atoms with E-state index in [2.05, 4.69) is 35.1 Å². The largest absolute Gasteiger partial charge is 0.346 e. The van der Waals surface area contributed by atoms with E-state index in [1.54, 1.807) is 0 Å². The van der Waals surface area contributed by atoms with Crippen LogP contribution < -0.4 is 10.9 Å². The van der Waals surface area contributed by atoms with E-state index in [0.717, 1.165) is 35.7 Å². The van der Waals surface area contributed by atoms with Crippen molar-refractivity contribution in [1.82, 2.24) is 9.97 Å². The Hall–Kier alpha value is -1.81. The number of nitrogens with zero attached hydrogens (tertiary/aromatic N) is 2. The zero-order chi connectivity index (χ0) is 12.0. The van der Waals surface area contributed by atoms with Crippen LogP contribution in [0.2, 0.25) is 0 Å². The number of imidazole rings is 1. The molecule has 0 saturated heterocycles. The van der Waals surface area contributed by atoms with Crippen LogP contribution in [0.4, 0.5) is 5.69 Å². The normalized spacial score (nSPS) is 14.2. The highest BCUT2D eigenvalue weighted by Gasteiger charge is 2.20. The van der Waals surface area contributed by atoms with Crippen molar-refractivity contribution in [2.24, 2.45) is 5.84 Å². The van der Waals surface area contributed by atoms with Crippen molar-refractivity contribution in [2.45, 2.75) is 20.3 Å². The van der Waals surface area contributed by atoms with Crippen molar-refractivity contribution in [3.63, 3.8) is 0 Å². The molecule has 0 spiro atoms. The molecule has 0 aliphatic carbocycles. The number of rotatable bonds is 0. The highest BCUT2D eigenvalue weighted by molar-refractivity contribution is 5.79. The number of aryl methyl sites for hydroxylation is 2. The Morgan fingerprint density at radius 3 is 3.00 bits per heavy atom. The van der Waals surface area contributed by atoms with Gasteiger partial charge in [0.15, 0.2) is 0 Å². The first-order valence-corrected chi connectivity index (χ1v) is 5.84. The van der Waals surface area contributed by atoms with Crippen LogP contribution in [0.25, 0.3) is 11.3 Å². The molecular formula is C13H16N4. The van der Waals surface area contributed by atoms with Gasteiger partial charge in [-0.1, -0.05) is 12.1 Å². The van der Waals surface area contributed by atoms with E-state index in [-0.39, 0.29) is 0 Å². The molecule has 1 aliphatic rings. The molecule has 2 aromatic rings. The molecule has 4 nitrogen and oxygen atoms in total. The number of benzene rings is 1. The summed E-state index contributed by atoms with van der Waals surface area (Å²) in [5.41, 5.74) is 5.63. The van der Waals surface area contributed by atoms with Gasteiger partial charge in [0, 0.05) is 24.2 Å². The smallest absolute Gasteiger partial charge is 0.103 e. The van der Waals surface area contributed by atoms with Crippen molar-refractivity contribution in [3.05, 3.63) is 35.3 Å². The molecule has 17 heavy (non-hydrogen) atoms. The third-order valence-corrected chi connectivity index (χ3v) is 3.22. The van der Waals surface area contributed by atoms with Gasteiger partial charge in [-0.3, -0.25) is 0 Å². The van der Waals surface area contributed by atoms with Gasteiger partial charge in [0.1, 0.15) is 5.82 Å². The van der Waals surface area contributed by atoms with Crippen LogP contribution in [-0.4, -0.2) is 16.5 Å². The molecule has 0 radical (unpaired) electrons. The molecular weight excluding hydrogens is 212 g/mol. The van der Waals surface area contributed by atoms with Gasteiger partial charge in [-0.25, -0.2) is 10.8 Å². The fraction of sp³-hybridized carbons (Fsp3) is 0.308. The summed E-state index contributed by atoms with van der Waals surface area (Å²) in [4.78, 5) is 7.90. The number of hydrazine groups is 1. The SMILES string of the molecule is Cc1ccc2c(c1)N(N)CCc1[nH]c(C)nc1-2. The molecule has 4 heteroatoms. The molecule has 1 aromatic carbocycles. The van der Waals surface area contributed by atoms with Gasteiger partial charge in [0.05, 0.1) is 11.4 Å². The Kier molecular flexibility index (Phi) is 2.19. The predicted molar refractivity (Wildman–Crippen MR) is 68.7 cm³/mol. The lowest BCUT2D eigenvalue weighted by molar-refractivity contribution is 0.819. The fourth-order valence-electron chi connectivity index (χ4n) is 2.38. The van der Waals surface area contributed by atoms with Crippen LogP contribution in [0, 0.1) is 13.8 Å². The molecule has 0 saturated carbocycles. The second-order valence-corrected chi connectivity index (χ2v) is 4.61. The van der Waals surface area contributed by atoms with Gasteiger partial charge in [-0.2, -0.15) is 0 Å². The van der Waals surface area contributed by atoms with E-state index in [4.69, 9.17) is 5.84 Å². The minimum Gasteiger partial charge on any atom is -0.346 e. The summed E-state index contributed by atoms with van der Waals surface area (Å²) in [6, 6.07) is 6.33. The zero-order valence-electron chi connectivity index (χ0n) is 10.1. The Labute approximate surface area is 100 Å². The van der Waals surface area contributed by atoms with Crippen LogP contribution in [0.15, 0.2) is 18.2 Å². The van der Waals surface area contributed by atoms with Gasteiger partial charge < -0.3 is 9.99 Å². The van der Waals surface area contributed by atoms with Crippen LogP contribution in [0.5, 0.6) is 0 Å². The van der Waals surface area contributed by atoms with E-state index < -0.39 is 0 Å². The number of aromatic amines is 1. The Morgan fingerprint density at radius 2 is 2.18 bits per heavy atom. The fourth-order valence-corrected chi connectivity index (χ4v) is 2.38. The topological polar surface area (TPSA) is 57.9 Å². The Balaban J connectivity index is 2.26. The highest BCUT2D eigenvalue weighted by atomic mass is 15.4. The number of hydrogen-bond donors (Lipinski definition) is 2. The van der Waals surface area contributed by atoms with Gasteiger partial charge in [-0.05, 0) is 25.5 Å². The van der Waals surface area contributed by atoms with Gasteiger partial charge in [0.2, 0.25) is 0 Å². The first kappa shape index (κ1) is 10.4. The lowest BCUT2D eigenvalue weighted by atomic mass is 10.1. The number of H-pyrrole nitrogens is 1. The maximum Gasteiger partial charge on any atom is 0.103 e. The molecule has 0 amide bonds. The molecule has 0 atom stereocenters. The third-order valence-electron chi connectivity index (χ3n) is 3.22. The lowest BCUT2D eigenvalue weighted by Gasteiger charge is -2.18. The van der Waals surface area contributed by atoms with Crippen LogP contribution >= 0.6 is 0 Å². The standard InChI is InChI=1S/C13H16N4/c1-8-3-4-10-12(7-8)17(14)6-5-11-13(10)16-9(2)15-11/h3-4,7H,5-6,14H2,1-2H3,(H,15,16). The second-order valence-electron chi connectivity index (χ2n) is 4.61. The summed E-state index contributed by atoms with van der Waals surface area (Å²) in [6.45, 7) is 4.88. The van der Waals surface area contributed by atoms with E-state index >= 15 is 0 Å². The van der Waals surface area contributed by atoms with E-state index in [9.17, 15) is 0 Å². The molecule has 88 valence electrons. The maximum absolute atomic E-state index is 6.08. The zero-order valence-corrected chi connectivity index (χ0v) is 10.1. The molecule has 0 fully saturated rings. The summed E-state index contributed by atoms with van der Waals surface area (Å²) in [5.74, 6) is 7.05. The van der Waals surface area contributed by atoms with Crippen LogP contribution in [0.3, 0.4) is 0 Å². The number of nitrogens with one attached hydrogen (secondary N) is 1. The number of aromatic nitrogens is 2. The second kappa shape index (κ2) is 3.60.